The third-order valence-electron chi connectivity index (χ3n) is 4.92. The van der Waals surface area contributed by atoms with E-state index in [0.29, 0.717) is 24.7 Å². The van der Waals surface area contributed by atoms with Gasteiger partial charge in [-0.3, -0.25) is 0 Å². The topological polar surface area (TPSA) is 82.3 Å². The number of thiazole rings is 1. The van der Waals surface area contributed by atoms with E-state index in [0.717, 1.165) is 35.2 Å². The van der Waals surface area contributed by atoms with E-state index in [-0.39, 0.29) is 4.90 Å². The van der Waals surface area contributed by atoms with Gasteiger partial charge in [0, 0.05) is 29.7 Å². The van der Waals surface area contributed by atoms with Gasteiger partial charge in [0.15, 0.2) is 0 Å². The molecule has 140 valence electrons. The van der Waals surface area contributed by atoms with Gasteiger partial charge in [-0.05, 0) is 36.0 Å². The number of nitrogens with zero attached hydrogens (tertiary/aromatic N) is 1. The summed E-state index contributed by atoms with van der Waals surface area (Å²) in [6.07, 6.45) is 1.81. The van der Waals surface area contributed by atoms with Crippen LogP contribution in [-0.2, 0) is 14.8 Å². The van der Waals surface area contributed by atoms with Gasteiger partial charge < -0.3 is 4.74 Å². The molecule has 0 atom stereocenters. The highest BCUT2D eigenvalue weighted by molar-refractivity contribution is 7.89. The molecule has 0 saturated carbocycles. The second-order valence-electron chi connectivity index (χ2n) is 6.57. The summed E-state index contributed by atoms with van der Waals surface area (Å²) in [6.45, 7) is 1.41. The van der Waals surface area contributed by atoms with Gasteiger partial charge in [0.2, 0.25) is 10.0 Å². The van der Waals surface area contributed by atoms with Crippen LogP contribution in [0, 0.1) is 0 Å². The molecule has 27 heavy (non-hydrogen) atoms. The molecule has 2 heterocycles. The lowest BCUT2D eigenvalue weighted by atomic mass is 9.84. The molecule has 2 aromatic carbocycles. The van der Waals surface area contributed by atoms with Crippen molar-refractivity contribution >= 4 is 21.4 Å². The SMILES string of the molecule is NS(=O)(=O)c1ccc(C2CCOCC2)c(-c2cscn2)c1-c1ccccc1. The molecule has 0 radical (unpaired) electrons. The average Bonchev–Trinajstić information content (AvgIpc) is 3.22. The van der Waals surface area contributed by atoms with E-state index in [4.69, 9.17) is 9.88 Å². The Labute approximate surface area is 162 Å². The Bertz CT molecular complexity index is 1030. The van der Waals surface area contributed by atoms with Crippen molar-refractivity contribution in [3.63, 3.8) is 0 Å². The van der Waals surface area contributed by atoms with Crippen molar-refractivity contribution in [3.8, 4) is 22.4 Å². The molecular formula is C20H20N2O3S2. The summed E-state index contributed by atoms with van der Waals surface area (Å²) >= 11 is 1.49. The lowest BCUT2D eigenvalue weighted by Gasteiger charge is -2.26. The summed E-state index contributed by atoms with van der Waals surface area (Å²) in [6, 6.07) is 13.1. The summed E-state index contributed by atoms with van der Waals surface area (Å²) in [5, 5.41) is 7.54. The number of sulfonamides is 1. The number of hydrogen-bond donors (Lipinski definition) is 1. The number of nitrogens with two attached hydrogens (primary N) is 1. The third kappa shape index (κ3) is 3.68. The maximum Gasteiger partial charge on any atom is 0.238 e. The van der Waals surface area contributed by atoms with Gasteiger partial charge in [-0.1, -0.05) is 36.4 Å². The van der Waals surface area contributed by atoms with Crippen LogP contribution in [0.4, 0.5) is 0 Å². The molecule has 7 heteroatoms. The predicted octanol–water partition coefficient (Wildman–Crippen LogP) is 4.02. The Morgan fingerprint density at radius 2 is 1.78 bits per heavy atom. The summed E-state index contributed by atoms with van der Waals surface area (Å²) in [5.41, 5.74) is 5.97. The van der Waals surface area contributed by atoms with Gasteiger partial charge in [-0.15, -0.1) is 11.3 Å². The van der Waals surface area contributed by atoms with Crippen LogP contribution in [-0.4, -0.2) is 26.6 Å². The normalized spacial score (nSPS) is 15.7. The maximum absolute atomic E-state index is 12.4. The quantitative estimate of drug-likeness (QED) is 0.717. The largest absolute Gasteiger partial charge is 0.381 e. The van der Waals surface area contributed by atoms with Gasteiger partial charge in [0.25, 0.3) is 0 Å². The number of ether oxygens (including phenoxy) is 1. The number of benzene rings is 2. The molecular weight excluding hydrogens is 380 g/mol. The Morgan fingerprint density at radius 3 is 2.41 bits per heavy atom. The number of primary sulfonamides is 1. The van der Waals surface area contributed by atoms with Crippen LogP contribution in [0.15, 0.2) is 58.3 Å². The summed E-state index contributed by atoms with van der Waals surface area (Å²) in [4.78, 5) is 4.63. The first kappa shape index (κ1) is 18.3. The third-order valence-corrected chi connectivity index (χ3v) is 6.46. The van der Waals surface area contributed by atoms with Gasteiger partial charge in [-0.25, -0.2) is 18.5 Å². The molecule has 1 aliphatic heterocycles. The van der Waals surface area contributed by atoms with E-state index in [9.17, 15) is 8.42 Å². The second-order valence-corrected chi connectivity index (χ2v) is 8.82. The molecule has 2 N–H and O–H groups in total. The maximum atomic E-state index is 12.4. The van der Waals surface area contributed by atoms with Crippen molar-refractivity contribution in [2.75, 3.05) is 13.2 Å². The highest BCUT2D eigenvalue weighted by Gasteiger charge is 2.27. The van der Waals surface area contributed by atoms with Crippen LogP contribution < -0.4 is 5.14 Å². The molecule has 0 amide bonds. The zero-order valence-corrected chi connectivity index (χ0v) is 16.3. The average molecular weight is 401 g/mol. The fourth-order valence-corrected chi connectivity index (χ4v) is 4.99. The molecule has 0 unspecified atom stereocenters. The minimum absolute atomic E-state index is 0.132. The standard InChI is InChI=1S/C20H20N2O3S2/c21-27(23,24)18-7-6-16(14-8-10-25-11-9-14)20(17-12-26-13-22-17)19(18)15-4-2-1-3-5-15/h1-7,12-14H,8-11H2,(H2,21,23,24). The van der Waals surface area contributed by atoms with Crippen LogP contribution in [0.1, 0.15) is 24.3 Å². The molecule has 5 nitrogen and oxygen atoms in total. The Balaban J connectivity index is 2.05. The molecule has 1 fully saturated rings. The van der Waals surface area contributed by atoms with Crippen molar-refractivity contribution in [1.29, 1.82) is 0 Å². The van der Waals surface area contributed by atoms with E-state index in [1.807, 2.05) is 41.8 Å². The van der Waals surface area contributed by atoms with Crippen molar-refractivity contribution in [3.05, 3.63) is 58.9 Å². The van der Waals surface area contributed by atoms with E-state index in [1.54, 1.807) is 11.6 Å². The van der Waals surface area contributed by atoms with Crippen molar-refractivity contribution < 1.29 is 13.2 Å². The van der Waals surface area contributed by atoms with E-state index in [2.05, 4.69) is 4.98 Å². The first-order chi connectivity index (χ1) is 13.1. The summed E-state index contributed by atoms with van der Waals surface area (Å²) in [5.74, 6) is 0.299. The Hall–Kier alpha value is -2.06. The Kier molecular flexibility index (Phi) is 5.10. The molecule has 1 saturated heterocycles. The van der Waals surface area contributed by atoms with E-state index >= 15 is 0 Å². The molecule has 1 aliphatic rings. The number of aromatic nitrogens is 1. The van der Waals surface area contributed by atoms with Crippen LogP contribution >= 0.6 is 11.3 Å². The van der Waals surface area contributed by atoms with E-state index < -0.39 is 10.0 Å². The lowest BCUT2D eigenvalue weighted by Crippen LogP contribution is -2.18. The van der Waals surface area contributed by atoms with Crippen LogP contribution in [0.3, 0.4) is 0 Å². The number of rotatable bonds is 4. The second kappa shape index (κ2) is 7.52. The van der Waals surface area contributed by atoms with Crippen LogP contribution in [0.25, 0.3) is 22.4 Å². The smallest absolute Gasteiger partial charge is 0.238 e. The molecule has 0 spiro atoms. The zero-order chi connectivity index (χ0) is 18.9. The summed E-state index contributed by atoms with van der Waals surface area (Å²) in [7, 11) is -3.89. The van der Waals surface area contributed by atoms with Crippen molar-refractivity contribution in [1.82, 2.24) is 4.98 Å². The minimum atomic E-state index is -3.89. The monoisotopic (exact) mass is 400 g/mol. The predicted molar refractivity (Wildman–Crippen MR) is 107 cm³/mol. The highest BCUT2D eigenvalue weighted by atomic mass is 32.2. The molecule has 3 aromatic rings. The Morgan fingerprint density at radius 1 is 1.04 bits per heavy atom. The fraction of sp³-hybridized carbons (Fsp3) is 0.250. The molecule has 0 aliphatic carbocycles. The minimum Gasteiger partial charge on any atom is -0.381 e. The first-order valence-corrected chi connectivity index (χ1v) is 11.3. The summed E-state index contributed by atoms with van der Waals surface area (Å²) < 4.78 is 30.3. The lowest BCUT2D eigenvalue weighted by molar-refractivity contribution is 0.0854. The number of hydrogen-bond acceptors (Lipinski definition) is 5. The first-order valence-electron chi connectivity index (χ1n) is 8.77. The highest BCUT2D eigenvalue weighted by Crippen LogP contribution is 2.43. The van der Waals surface area contributed by atoms with Gasteiger partial charge >= 0.3 is 0 Å². The zero-order valence-electron chi connectivity index (χ0n) is 14.7. The van der Waals surface area contributed by atoms with Crippen LogP contribution in [0.2, 0.25) is 0 Å². The van der Waals surface area contributed by atoms with E-state index in [1.165, 1.54) is 11.3 Å². The van der Waals surface area contributed by atoms with Gasteiger partial charge in [-0.2, -0.15) is 0 Å². The van der Waals surface area contributed by atoms with Gasteiger partial charge in [0.1, 0.15) is 0 Å². The van der Waals surface area contributed by atoms with Crippen molar-refractivity contribution in [2.24, 2.45) is 5.14 Å². The van der Waals surface area contributed by atoms with Crippen LogP contribution in [0.5, 0.6) is 0 Å². The fourth-order valence-electron chi connectivity index (χ4n) is 3.69. The van der Waals surface area contributed by atoms with Crippen molar-refractivity contribution in [2.45, 2.75) is 23.7 Å². The molecule has 0 bridgehead atoms. The molecule has 1 aromatic heterocycles. The van der Waals surface area contributed by atoms with Gasteiger partial charge in [0.05, 0.1) is 16.1 Å². The molecule has 4 rings (SSSR count).